The van der Waals surface area contributed by atoms with Crippen molar-refractivity contribution in [2.75, 3.05) is 0 Å². The molecular formula is C25H29FN2O2. The van der Waals surface area contributed by atoms with Crippen molar-refractivity contribution in [1.82, 2.24) is 9.88 Å². The second-order valence-corrected chi connectivity index (χ2v) is 7.85. The van der Waals surface area contributed by atoms with Crippen LogP contribution >= 0.6 is 0 Å². The van der Waals surface area contributed by atoms with Crippen LogP contribution in [0.1, 0.15) is 51.8 Å². The third-order valence-corrected chi connectivity index (χ3v) is 5.71. The number of carbonyl (C=O) groups is 1. The highest BCUT2D eigenvalue weighted by molar-refractivity contribution is 5.91. The van der Waals surface area contributed by atoms with Crippen LogP contribution < -0.4 is 5.32 Å². The Kier molecular flexibility index (Phi) is 7.06. The molecule has 0 radical (unpaired) electrons. The first-order valence-electron chi connectivity index (χ1n) is 10.3. The van der Waals surface area contributed by atoms with Gasteiger partial charge in [-0.15, -0.1) is 0 Å². The topological polar surface area (TPSA) is 54.3 Å². The molecule has 4 nitrogen and oxygen atoms in total. The van der Waals surface area contributed by atoms with Crippen molar-refractivity contribution < 1.29 is 14.3 Å². The van der Waals surface area contributed by atoms with Gasteiger partial charge >= 0.3 is 5.97 Å². The van der Waals surface area contributed by atoms with Gasteiger partial charge in [-0.1, -0.05) is 42.5 Å². The van der Waals surface area contributed by atoms with Crippen molar-refractivity contribution in [3.05, 3.63) is 94.1 Å². The van der Waals surface area contributed by atoms with E-state index in [1.165, 1.54) is 17.7 Å². The lowest BCUT2D eigenvalue weighted by molar-refractivity contribution is 0.0694. The van der Waals surface area contributed by atoms with Gasteiger partial charge in [0.2, 0.25) is 0 Å². The van der Waals surface area contributed by atoms with Crippen LogP contribution in [0.5, 0.6) is 0 Å². The maximum Gasteiger partial charge on any atom is 0.337 e. The lowest BCUT2D eigenvalue weighted by Crippen LogP contribution is -2.27. The molecule has 0 aliphatic carbocycles. The van der Waals surface area contributed by atoms with Gasteiger partial charge in [-0.25, -0.2) is 9.18 Å². The van der Waals surface area contributed by atoms with Crippen LogP contribution in [0.25, 0.3) is 0 Å². The van der Waals surface area contributed by atoms with Gasteiger partial charge in [0.1, 0.15) is 5.82 Å². The molecule has 3 rings (SSSR count). The molecule has 0 amide bonds. The van der Waals surface area contributed by atoms with Gasteiger partial charge in [-0.05, 0) is 56.9 Å². The summed E-state index contributed by atoms with van der Waals surface area (Å²) < 4.78 is 15.2. The molecule has 0 aliphatic heterocycles. The Morgan fingerprint density at radius 3 is 2.33 bits per heavy atom. The van der Waals surface area contributed by atoms with Crippen LogP contribution in [0.15, 0.2) is 54.6 Å². The van der Waals surface area contributed by atoms with Gasteiger partial charge in [0.05, 0.1) is 5.56 Å². The van der Waals surface area contributed by atoms with Gasteiger partial charge in [0.15, 0.2) is 0 Å². The van der Waals surface area contributed by atoms with Crippen molar-refractivity contribution in [2.45, 2.75) is 52.7 Å². The lowest BCUT2D eigenvalue weighted by Gasteiger charge is -2.15. The molecule has 0 unspecified atom stereocenters. The van der Waals surface area contributed by atoms with Crippen LogP contribution in [0.3, 0.4) is 0 Å². The monoisotopic (exact) mass is 408 g/mol. The van der Waals surface area contributed by atoms with Crippen molar-refractivity contribution in [3.8, 4) is 0 Å². The van der Waals surface area contributed by atoms with Crippen molar-refractivity contribution in [2.24, 2.45) is 0 Å². The van der Waals surface area contributed by atoms with Gasteiger partial charge in [-0.3, -0.25) is 0 Å². The summed E-state index contributed by atoms with van der Waals surface area (Å²) in [5, 5.41) is 13.3. The first kappa shape index (κ1) is 21.8. The number of hydrogen-bond acceptors (Lipinski definition) is 2. The molecule has 5 heteroatoms. The Labute approximate surface area is 177 Å². The summed E-state index contributed by atoms with van der Waals surface area (Å²) in [6.07, 6.45) is 1.95. The SMILES string of the molecule is Cc1c(CN[C@H](C)CCc2ccccc2)c(C(=O)O)c(C)n1Cc1ccc(F)cc1. The fraction of sp³-hybridized carbons (Fsp3) is 0.320. The molecule has 0 saturated heterocycles. The van der Waals surface area contributed by atoms with E-state index >= 15 is 0 Å². The Morgan fingerprint density at radius 1 is 1.03 bits per heavy atom. The Hall–Kier alpha value is -2.92. The van der Waals surface area contributed by atoms with E-state index in [2.05, 4.69) is 24.4 Å². The number of aromatic carboxylic acids is 1. The van der Waals surface area contributed by atoms with E-state index in [4.69, 9.17) is 0 Å². The van der Waals surface area contributed by atoms with E-state index in [1.54, 1.807) is 12.1 Å². The van der Waals surface area contributed by atoms with Crippen molar-refractivity contribution in [3.63, 3.8) is 0 Å². The standard InChI is InChI=1S/C25H29FN2O2/c1-17(9-10-20-7-5-4-6-8-20)27-15-23-18(2)28(19(3)24(23)25(29)30)16-21-11-13-22(26)14-12-21/h4-8,11-14,17,27H,9-10,15-16H2,1-3H3,(H,29,30)/t17-/m1/s1. The number of rotatable bonds is 9. The Bertz CT molecular complexity index is 994. The molecular weight excluding hydrogens is 379 g/mol. The molecule has 1 atom stereocenters. The highest BCUT2D eigenvalue weighted by atomic mass is 19.1. The zero-order valence-corrected chi connectivity index (χ0v) is 17.8. The van der Waals surface area contributed by atoms with E-state index in [9.17, 15) is 14.3 Å². The van der Waals surface area contributed by atoms with Crippen LogP contribution in [-0.4, -0.2) is 21.7 Å². The number of aryl methyl sites for hydroxylation is 1. The van der Waals surface area contributed by atoms with E-state index < -0.39 is 5.97 Å². The summed E-state index contributed by atoms with van der Waals surface area (Å²) in [7, 11) is 0. The molecule has 0 aliphatic rings. The van der Waals surface area contributed by atoms with Crippen LogP contribution in [0.4, 0.5) is 4.39 Å². The molecule has 2 aromatic carbocycles. The minimum absolute atomic E-state index is 0.256. The molecule has 1 heterocycles. The first-order valence-corrected chi connectivity index (χ1v) is 10.3. The highest BCUT2D eigenvalue weighted by Gasteiger charge is 2.22. The molecule has 0 saturated carbocycles. The molecule has 2 N–H and O–H groups in total. The normalized spacial score (nSPS) is 12.1. The average molecular weight is 409 g/mol. The number of carboxylic acids is 1. The van der Waals surface area contributed by atoms with Crippen LogP contribution in [0, 0.1) is 19.7 Å². The number of nitrogens with one attached hydrogen (secondary N) is 1. The molecule has 3 aromatic rings. The smallest absolute Gasteiger partial charge is 0.337 e. The third-order valence-electron chi connectivity index (χ3n) is 5.71. The number of benzene rings is 2. The average Bonchev–Trinajstić information content (AvgIpc) is 2.97. The summed E-state index contributed by atoms with van der Waals surface area (Å²) in [5.74, 6) is -1.19. The fourth-order valence-electron chi connectivity index (χ4n) is 3.86. The summed E-state index contributed by atoms with van der Waals surface area (Å²) >= 11 is 0. The zero-order chi connectivity index (χ0) is 21.7. The number of nitrogens with zero attached hydrogens (tertiary/aromatic N) is 1. The first-order chi connectivity index (χ1) is 14.4. The summed E-state index contributed by atoms with van der Waals surface area (Å²) in [6, 6.07) is 16.9. The van der Waals surface area contributed by atoms with Gasteiger partial charge in [-0.2, -0.15) is 0 Å². The predicted molar refractivity (Wildman–Crippen MR) is 117 cm³/mol. The van der Waals surface area contributed by atoms with E-state index in [-0.39, 0.29) is 11.9 Å². The van der Waals surface area contributed by atoms with E-state index in [0.717, 1.165) is 35.4 Å². The number of halogens is 1. The Balaban J connectivity index is 1.73. The summed E-state index contributed by atoms with van der Waals surface area (Å²) in [5.41, 5.74) is 5.06. The maximum absolute atomic E-state index is 13.2. The van der Waals surface area contributed by atoms with Gasteiger partial charge < -0.3 is 15.0 Å². The summed E-state index contributed by atoms with van der Waals surface area (Å²) in [4.78, 5) is 12.0. The third kappa shape index (κ3) is 5.16. The van der Waals surface area contributed by atoms with Gasteiger partial charge in [0, 0.05) is 36.1 Å². The zero-order valence-electron chi connectivity index (χ0n) is 17.8. The molecule has 158 valence electrons. The molecule has 30 heavy (non-hydrogen) atoms. The second-order valence-electron chi connectivity index (χ2n) is 7.85. The lowest BCUT2D eigenvalue weighted by atomic mass is 10.1. The summed E-state index contributed by atoms with van der Waals surface area (Å²) in [6.45, 7) is 6.93. The van der Waals surface area contributed by atoms with E-state index in [0.29, 0.717) is 18.7 Å². The number of carboxylic acid groups (broad SMARTS) is 1. The number of hydrogen-bond donors (Lipinski definition) is 2. The number of aromatic nitrogens is 1. The van der Waals surface area contributed by atoms with Crippen molar-refractivity contribution in [1.29, 1.82) is 0 Å². The van der Waals surface area contributed by atoms with Crippen molar-refractivity contribution >= 4 is 5.97 Å². The van der Waals surface area contributed by atoms with Gasteiger partial charge in [0.25, 0.3) is 0 Å². The minimum atomic E-state index is -0.915. The maximum atomic E-state index is 13.2. The molecule has 0 bridgehead atoms. The predicted octanol–water partition coefficient (Wildman–Crippen LogP) is 5.10. The fourth-order valence-corrected chi connectivity index (χ4v) is 3.86. The minimum Gasteiger partial charge on any atom is -0.478 e. The largest absolute Gasteiger partial charge is 0.478 e. The van der Waals surface area contributed by atoms with Crippen LogP contribution in [0.2, 0.25) is 0 Å². The molecule has 0 spiro atoms. The van der Waals surface area contributed by atoms with Crippen LogP contribution in [-0.2, 0) is 19.5 Å². The van der Waals surface area contributed by atoms with E-state index in [1.807, 2.05) is 36.6 Å². The highest BCUT2D eigenvalue weighted by Crippen LogP contribution is 2.24. The molecule has 0 fully saturated rings. The second kappa shape index (κ2) is 9.72. The Morgan fingerprint density at radius 2 is 1.70 bits per heavy atom. The molecule has 1 aromatic heterocycles. The quantitative estimate of drug-likeness (QED) is 0.518.